The molecular weight excluding hydrogens is 468 g/mol. The molecule has 144 valence electrons. The minimum atomic E-state index is -0.381. The van der Waals surface area contributed by atoms with E-state index in [1.165, 1.54) is 28.2 Å². The van der Waals surface area contributed by atoms with Crippen molar-refractivity contribution in [1.29, 1.82) is 0 Å². The smallest absolute Gasteiger partial charge is 0.0845 e. The van der Waals surface area contributed by atoms with Crippen LogP contribution in [0.2, 0.25) is 0 Å². The summed E-state index contributed by atoms with van der Waals surface area (Å²) >= 11 is 7.19. The quantitative estimate of drug-likeness (QED) is 0.508. The first-order valence-corrected chi connectivity index (χ1v) is 11.3. The number of β-amino-alcohol motifs (C(OH)–C–C–N with tert-alkyl or cyclic N) is 1. The van der Waals surface area contributed by atoms with Crippen molar-refractivity contribution in [3.8, 4) is 0 Å². The molecule has 3 nitrogen and oxygen atoms in total. The van der Waals surface area contributed by atoms with Crippen molar-refractivity contribution in [2.45, 2.75) is 32.9 Å². The minimum Gasteiger partial charge on any atom is -0.390 e. The van der Waals surface area contributed by atoms with Crippen molar-refractivity contribution >= 4 is 53.7 Å². The Morgan fingerprint density at radius 2 is 1.44 bits per heavy atom. The van der Waals surface area contributed by atoms with Gasteiger partial charge in [-0.1, -0.05) is 45.7 Å². The van der Waals surface area contributed by atoms with Crippen LogP contribution in [0.3, 0.4) is 0 Å². The molecular formula is C22H26Br2N2O. The highest BCUT2D eigenvalue weighted by atomic mass is 79.9. The van der Waals surface area contributed by atoms with Crippen molar-refractivity contribution in [1.82, 2.24) is 9.47 Å². The van der Waals surface area contributed by atoms with E-state index in [-0.39, 0.29) is 6.10 Å². The van der Waals surface area contributed by atoms with Crippen LogP contribution in [0.25, 0.3) is 21.8 Å². The second-order valence-corrected chi connectivity index (χ2v) is 10.1. The lowest BCUT2D eigenvalue weighted by Gasteiger charge is -2.36. The van der Waals surface area contributed by atoms with Gasteiger partial charge in [-0.05, 0) is 54.7 Å². The number of aromatic nitrogens is 1. The maximum absolute atomic E-state index is 10.9. The predicted octanol–water partition coefficient (Wildman–Crippen LogP) is 5.66. The largest absolute Gasteiger partial charge is 0.390 e. The maximum atomic E-state index is 10.9. The van der Waals surface area contributed by atoms with Crippen LogP contribution in [0.5, 0.6) is 0 Å². The van der Waals surface area contributed by atoms with Gasteiger partial charge >= 0.3 is 0 Å². The van der Waals surface area contributed by atoms with Crippen LogP contribution in [0.15, 0.2) is 45.3 Å². The summed E-state index contributed by atoms with van der Waals surface area (Å²) in [5.41, 5.74) is 2.34. The highest BCUT2D eigenvalue weighted by Crippen LogP contribution is 2.33. The fraction of sp³-hybridized carbons (Fsp3) is 0.455. The van der Waals surface area contributed by atoms with Crippen LogP contribution in [-0.4, -0.2) is 40.3 Å². The van der Waals surface area contributed by atoms with E-state index < -0.39 is 0 Å². The van der Waals surface area contributed by atoms with Crippen LogP contribution in [0.1, 0.15) is 20.3 Å². The van der Waals surface area contributed by atoms with Crippen LogP contribution < -0.4 is 0 Å². The molecule has 1 saturated heterocycles. The number of halogens is 2. The molecule has 5 heteroatoms. The summed E-state index contributed by atoms with van der Waals surface area (Å²) in [7, 11) is 0. The third-order valence-electron chi connectivity index (χ3n) is 5.60. The van der Waals surface area contributed by atoms with E-state index in [1.54, 1.807) is 0 Å². The lowest BCUT2D eigenvalue weighted by atomic mass is 9.92. The zero-order chi connectivity index (χ0) is 19.1. The van der Waals surface area contributed by atoms with Crippen LogP contribution in [0.4, 0.5) is 0 Å². The molecule has 4 rings (SSSR count). The molecule has 0 spiro atoms. The number of rotatable bonds is 4. The predicted molar refractivity (Wildman–Crippen MR) is 120 cm³/mol. The van der Waals surface area contributed by atoms with Gasteiger partial charge in [-0.2, -0.15) is 0 Å². The lowest BCUT2D eigenvalue weighted by Crippen LogP contribution is -2.43. The normalized spacial score (nSPS) is 22.6. The lowest BCUT2D eigenvalue weighted by molar-refractivity contribution is 0.0626. The minimum absolute atomic E-state index is 0.381. The van der Waals surface area contributed by atoms with Crippen LogP contribution in [0, 0.1) is 11.8 Å². The summed E-state index contributed by atoms with van der Waals surface area (Å²) in [5, 5.41) is 13.3. The second kappa shape index (κ2) is 7.86. The molecule has 0 unspecified atom stereocenters. The number of nitrogens with zero attached hydrogens (tertiary/aromatic N) is 2. The number of likely N-dealkylation sites (tertiary alicyclic amines) is 1. The summed E-state index contributed by atoms with van der Waals surface area (Å²) in [5.74, 6) is 1.42. The molecule has 0 saturated carbocycles. The molecule has 1 aliphatic rings. The van der Waals surface area contributed by atoms with Gasteiger partial charge in [-0.15, -0.1) is 0 Å². The summed E-state index contributed by atoms with van der Waals surface area (Å²) in [6.45, 7) is 8.17. The number of fused-ring (bicyclic) bond motifs is 3. The monoisotopic (exact) mass is 492 g/mol. The van der Waals surface area contributed by atoms with Crippen molar-refractivity contribution < 1.29 is 5.11 Å². The summed E-state index contributed by atoms with van der Waals surface area (Å²) in [6, 6.07) is 12.8. The van der Waals surface area contributed by atoms with Gasteiger partial charge < -0.3 is 14.6 Å². The molecule has 0 aliphatic carbocycles. The zero-order valence-corrected chi connectivity index (χ0v) is 19.0. The first-order chi connectivity index (χ1) is 12.9. The number of hydrogen-bond acceptors (Lipinski definition) is 2. The molecule has 3 atom stereocenters. The van der Waals surface area contributed by atoms with Crippen molar-refractivity contribution in [2.75, 3.05) is 19.6 Å². The summed E-state index contributed by atoms with van der Waals surface area (Å²) in [4.78, 5) is 2.44. The Balaban J connectivity index is 1.64. The molecule has 0 bridgehead atoms. The van der Waals surface area contributed by atoms with Gasteiger partial charge in [0.15, 0.2) is 0 Å². The highest BCUT2D eigenvalue weighted by Gasteiger charge is 2.24. The molecule has 2 aromatic carbocycles. The number of aliphatic hydroxyl groups excluding tert-OH is 1. The van der Waals surface area contributed by atoms with Gasteiger partial charge in [-0.3, -0.25) is 0 Å². The third-order valence-corrected chi connectivity index (χ3v) is 6.58. The van der Waals surface area contributed by atoms with Crippen LogP contribution >= 0.6 is 31.9 Å². The fourth-order valence-corrected chi connectivity index (χ4v) is 5.48. The number of benzene rings is 2. The molecule has 1 aromatic heterocycles. The number of aliphatic hydroxyl groups is 1. The average molecular weight is 494 g/mol. The Hall–Kier alpha value is -0.880. The molecule has 0 radical (unpaired) electrons. The zero-order valence-electron chi connectivity index (χ0n) is 15.8. The van der Waals surface area contributed by atoms with Gasteiger partial charge in [0.1, 0.15) is 0 Å². The Labute approximate surface area is 177 Å². The molecule has 1 N–H and O–H groups in total. The Bertz CT molecular complexity index is 899. The van der Waals surface area contributed by atoms with E-state index in [4.69, 9.17) is 0 Å². The third kappa shape index (κ3) is 4.12. The van der Waals surface area contributed by atoms with E-state index in [0.29, 0.717) is 18.4 Å². The van der Waals surface area contributed by atoms with Crippen molar-refractivity contribution in [3.63, 3.8) is 0 Å². The van der Waals surface area contributed by atoms with E-state index in [0.717, 1.165) is 28.6 Å². The maximum Gasteiger partial charge on any atom is 0.0845 e. The molecule has 1 aliphatic heterocycles. The summed E-state index contributed by atoms with van der Waals surface area (Å²) in [6.07, 6.45) is 0.914. The van der Waals surface area contributed by atoms with Crippen LogP contribution in [-0.2, 0) is 6.54 Å². The fourth-order valence-electron chi connectivity index (χ4n) is 4.75. The summed E-state index contributed by atoms with van der Waals surface area (Å²) < 4.78 is 4.42. The molecule has 27 heavy (non-hydrogen) atoms. The number of hydrogen-bond donors (Lipinski definition) is 1. The first-order valence-electron chi connectivity index (χ1n) is 9.68. The standard InChI is InChI=1S/C22H26Br2N2O/c1-14-7-15(2)11-25(10-14)12-18(27)13-26-21-5-3-16(23)8-19(21)20-9-17(24)4-6-22(20)26/h3-6,8-9,14-15,18,27H,7,10-13H2,1-2H3/t14-,15-,18+/m1/s1. The van der Waals surface area contributed by atoms with E-state index >= 15 is 0 Å². The SMILES string of the molecule is C[C@@H]1C[C@@H](C)CN(C[C@H](O)Cn2c3ccc(Br)cc3c3cc(Br)ccc32)C1. The molecule has 3 aromatic rings. The Kier molecular flexibility index (Phi) is 5.66. The van der Waals surface area contributed by atoms with E-state index in [1.807, 2.05) is 0 Å². The van der Waals surface area contributed by atoms with Gasteiger partial charge in [0, 0.05) is 50.4 Å². The van der Waals surface area contributed by atoms with E-state index in [2.05, 4.69) is 91.6 Å². The van der Waals surface area contributed by atoms with Gasteiger partial charge in [0.2, 0.25) is 0 Å². The Morgan fingerprint density at radius 3 is 1.96 bits per heavy atom. The van der Waals surface area contributed by atoms with Gasteiger partial charge in [0.05, 0.1) is 12.6 Å². The van der Waals surface area contributed by atoms with E-state index in [9.17, 15) is 5.11 Å². The van der Waals surface area contributed by atoms with Gasteiger partial charge in [-0.25, -0.2) is 0 Å². The second-order valence-electron chi connectivity index (χ2n) is 8.25. The molecule has 1 fully saturated rings. The van der Waals surface area contributed by atoms with Gasteiger partial charge in [0.25, 0.3) is 0 Å². The topological polar surface area (TPSA) is 28.4 Å². The van der Waals surface area contributed by atoms with Crippen molar-refractivity contribution in [3.05, 3.63) is 45.3 Å². The highest BCUT2D eigenvalue weighted by molar-refractivity contribution is 9.10. The number of piperidine rings is 1. The van der Waals surface area contributed by atoms with Crippen molar-refractivity contribution in [2.24, 2.45) is 11.8 Å². The molecule has 0 amide bonds. The Morgan fingerprint density at radius 1 is 0.926 bits per heavy atom. The molecule has 2 heterocycles. The average Bonchev–Trinajstić information content (AvgIpc) is 2.86. The first kappa shape index (κ1) is 19.4.